The van der Waals surface area contributed by atoms with Crippen molar-refractivity contribution in [3.8, 4) is 11.4 Å². The number of amides is 1. The van der Waals surface area contributed by atoms with Gasteiger partial charge < -0.3 is 0 Å². The van der Waals surface area contributed by atoms with Crippen molar-refractivity contribution in [1.82, 2.24) is 19.7 Å². The van der Waals surface area contributed by atoms with Crippen LogP contribution in [0.2, 0.25) is 0 Å². The van der Waals surface area contributed by atoms with Crippen molar-refractivity contribution in [3.63, 3.8) is 0 Å². The molecule has 32 heavy (non-hydrogen) atoms. The van der Waals surface area contributed by atoms with Gasteiger partial charge in [-0.15, -0.1) is 16.8 Å². The van der Waals surface area contributed by atoms with Crippen LogP contribution in [0.3, 0.4) is 0 Å². The fraction of sp³-hybridized carbons (Fsp3) is 0.0833. The van der Waals surface area contributed by atoms with Gasteiger partial charge in [0.15, 0.2) is 11.0 Å². The maximum atomic E-state index is 13.5. The summed E-state index contributed by atoms with van der Waals surface area (Å²) in [6.45, 7) is 4.40. The zero-order valence-corrected chi connectivity index (χ0v) is 18.7. The second-order valence-corrected chi connectivity index (χ2v) is 9.02. The summed E-state index contributed by atoms with van der Waals surface area (Å²) in [4.78, 5) is 21.5. The van der Waals surface area contributed by atoms with Crippen LogP contribution < -0.4 is 4.90 Å². The van der Waals surface area contributed by atoms with Crippen LogP contribution in [0.5, 0.6) is 0 Å². The van der Waals surface area contributed by atoms with Crippen LogP contribution in [0.1, 0.15) is 0 Å². The van der Waals surface area contributed by atoms with Gasteiger partial charge >= 0.3 is 0 Å². The van der Waals surface area contributed by atoms with Crippen molar-refractivity contribution < 1.29 is 4.79 Å². The van der Waals surface area contributed by atoms with Crippen LogP contribution in [-0.2, 0) is 11.3 Å². The largest absolute Gasteiger partial charge is 0.298 e. The van der Waals surface area contributed by atoms with E-state index in [-0.39, 0.29) is 11.7 Å². The molecule has 1 amide bonds. The summed E-state index contributed by atoms with van der Waals surface area (Å²) in [6, 6.07) is 19.8. The first-order chi connectivity index (χ1) is 15.8. The first-order valence-corrected chi connectivity index (χ1v) is 11.8. The van der Waals surface area contributed by atoms with Gasteiger partial charge in [-0.05, 0) is 36.4 Å². The number of allylic oxidation sites excluding steroid dienone is 1. The Balaban J connectivity index is 1.43. The lowest BCUT2D eigenvalue weighted by atomic mass is 10.2. The smallest absolute Gasteiger partial charge is 0.242 e. The third-order valence-corrected chi connectivity index (χ3v) is 7.06. The van der Waals surface area contributed by atoms with E-state index in [1.807, 2.05) is 70.1 Å². The van der Waals surface area contributed by atoms with E-state index in [4.69, 9.17) is 0 Å². The predicted molar refractivity (Wildman–Crippen MR) is 128 cm³/mol. The number of hydrogen-bond acceptors (Lipinski definition) is 6. The molecule has 8 heteroatoms. The Morgan fingerprint density at radius 1 is 0.969 bits per heavy atom. The minimum absolute atomic E-state index is 0.00573. The molecule has 0 fully saturated rings. The van der Waals surface area contributed by atoms with Crippen molar-refractivity contribution in [2.45, 2.75) is 21.5 Å². The molecule has 0 N–H and O–H groups in total. The Morgan fingerprint density at radius 2 is 1.62 bits per heavy atom. The van der Waals surface area contributed by atoms with Crippen LogP contribution >= 0.6 is 23.5 Å². The van der Waals surface area contributed by atoms with E-state index >= 15 is 0 Å². The molecule has 1 aliphatic rings. The number of aromatic nitrogens is 4. The number of carbonyl (C=O) groups is 1. The van der Waals surface area contributed by atoms with Gasteiger partial charge in [-0.25, -0.2) is 0 Å². The van der Waals surface area contributed by atoms with E-state index in [1.54, 1.807) is 30.2 Å². The van der Waals surface area contributed by atoms with Crippen LogP contribution in [0.4, 0.5) is 11.4 Å². The summed E-state index contributed by atoms with van der Waals surface area (Å²) in [5, 5.41) is 9.38. The first-order valence-electron chi connectivity index (χ1n) is 10.0. The highest BCUT2D eigenvalue weighted by molar-refractivity contribution is 8.00. The van der Waals surface area contributed by atoms with E-state index in [0.717, 1.165) is 32.6 Å². The lowest BCUT2D eigenvalue weighted by Crippen LogP contribution is -2.30. The van der Waals surface area contributed by atoms with Crippen molar-refractivity contribution in [2.24, 2.45) is 0 Å². The third-order valence-electron chi connectivity index (χ3n) is 4.97. The minimum atomic E-state index is -0.00573. The lowest BCUT2D eigenvalue weighted by molar-refractivity contribution is -0.115. The molecule has 158 valence electrons. The molecule has 0 radical (unpaired) electrons. The molecule has 0 bridgehead atoms. The number of fused-ring (bicyclic) bond motifs is 2. The van der Waals surface area contributed by atoms with E-state index in [1.165, 1.54) is 11.8 Å². The van der Waals surface area contributed by atoms with Gasteiger partial charge in [0.05, 0.1) is 17.1 Å². The van der Waals surface area contributed by atoms with Crippen molar-refractivity contribution in [2.75, 3.05) is 10.7 Å². The molecule has 0 spiro atoms. The van der Waals surface area contributed by atoms with E-state index in [0.29, 0.717) is 11.7 Å². The zero-order valence-electron chi connectivity index (χ0n) is 17.1. The standard InChI is InChI=1S/C24H19N5OS2/c1-2-15-28-23(17-11-13-25-14-12-17)26-27-24(28)31-16-22(30)29-18-7-3-5-9-20(18)32-21-10-6-4-8-19(21)29/h2-14H,1,15-16H2. The number of thioether (sulfide) groups is 1. The maximum absolute atomic E-state index is 13.5. The topological polar surface area (TPSA) is 63.9 Å². The van der Waals surface area contributed by atoms with E-state index < -0.39 is 0 Å². The highest BCUT2D eigenvalue weighted by Crippen LogP contribution is 2.48. The van der Waals surface area contributed by atoms with Gasteiger partial charge in [0.2, 0.25) is 5.91 Å². The third kappa shape index (κ3) is 3.83. The molecular formula is C24H19N5OS2. The molecule has 6 nitrogen and oxygen atoms in total. The second-order valence-electron chi connectivity index (χ2n) is 7.00. The Labute approximate surface area is 194 Å². The minimum Gasteiger partial charge on any atom is -0.298 e. The molecule has 0 atom stereocenters. The second kappa shape index (κ2) is 9.02. The Bertz CT molecular complexity index is 1240. The lowest BCUT2D eigenvalue weighted by Gasteiger charge is -2.30. The van der Waals surface area contributed by atoms with Gasteiger partial charge in [0, 0.05) is 34.3 Å². The average molecular weight is 458 g/mol. The van der Waals surface area contributed by atoms with Gasteiger partial charge in [-0.1, -0.05) is 53.9 Å². The Morgan fingerprint density at radius 3 is 2.28 bits per heavy atom. The fourth-order valence-electron chi connectivity index (χ4n) is 3.57. The van der Waals surface area contributed by atoms with Gasteiger partial charge in [0.1, 0.15) is 0 Å². The number of nitrogens with zero attached hydrogens (tertiary/aromatic N) is 5. The Hall–Kier alpha value is -3.36. The molecule has 4 aromatic rings. The molecule has 2 aromatic heterocycles. The molecule has 3 heterocycles. The van der Waals surface area contributed by atoms with E-state index in [9.17, 15) is 4.79 Å². The zero-order chi connectivity index (χ0) is 21.9. The number of benzene rings is 2. The monoisotopic (exact) mass is 457 g/mol. The summed E-state index contributed by atoms with van der Waals surface area (Å²) in [5.74, 6) is 0.958. The molecule has 5 rings (SSSR count). The van der Waals surface area contributed by atoms with Crippen LogP contribution in [0.25, 0.3) is 11.4 Å². The van der Waals surface area contributed by atoms with Gasteiger partial charge in [0.25, 0.3) is 0 Å². The summed E-state index contributed by atoms with van der Waals surface area (Å²) in [5.41, 5.74) is 2.74. The SMILES string of the molecule is C=CCn1c(SCC(=O)N2c3ccccc3Sc3ccccc32)nnc1-c1ccncc1. The summed E-state index contributed by atoms with van der Waals surface area (Å²) < 4.78 is 1.97. The average Bonchev–Trinajstić information content (AvgIpc) is 3.24. The van der Waals surface area contributed by atoms with Crippen molar-refractivity contribution in [1.29, 1.82) is 0 Å². The van der Waals surface area contributed by atoms with Gasteiger partial charge in [-0.3, -0.25) is 19.2 Å². The summed E-state index contributed by atoms with van der Waals surface area (Å²) in [7, 11) is 0. The number of para-hydroxylation sites is 2. The maximum Gasteiger partial charge on any atom is 0.242 e. The van der Waals surface area contributed by atoms with E-state index in [2.05, 4.69) is 21.8 Å². The molecule has 1 aliphatic heterocycles. The normalized spacial score (nSPS) is 12.2. The number of pyridine rings is 1. The predicted octanol–water partition coefficient (Wildman–Crippen LogP) is 5.45. The molecule has 0 saturated carbocycles. The fourth-order valence-corrected chi connectivity index (χ4v) is 5.42. The van der Waals surface area contributed by atoms with Gasteiger partial charge in [-0.2, -0.15) is 0 Å². The molecule has 0 aliphatic carbocycles. The number of rotatable bonds is 6. The number of carbonyl (C=O) groups excluding carboxylic acids is 1. The highest BCUT2D eigenvalue weighted by Gasteiger charge is 2.28. The molecule has 2 aromatic carbocycles. The Kier molecular flexibility index (Phi) is 5.79. The van der Waals surface area contributed by atoms with Crippen LogP contribution in [0, 0.1) is 0 Å². The van der Waals surface area contributed by atoms with Crippen molar-refractivity contribution >= 4 is 40.8 Å². The number of anilines is 2. The van der Waals surface area contributed by atoms with Crippen LogP contribution in [-0.4, -0.2) is 31.4 Å². The molecular weight excluding hydrogens is 438 g/mol. The molecule has 0 unspecified atom stereocenters. The quantitative estimate of drug-likeness (QED) is 0.283. The van der Waals surface area contributed by atoms with Crippen LogP contribution in [0.15, 0.2) is 101 Å². The molecule has 0 saturated heterocycles. The summed E-state index contributed by atoms with van der Waals surface area (Å²) >= 11 is 3.07. The first kappa shape index (κ1) is 20.5. The van der Waals surface area contributed by atoms with Crippen molar-refractivity contribution in [3.05, 3.63) is 85.7 Å². The number of hydrogen-bond donors (Lipinski definition) is 0. The highest BCUT2D eigenvalue weighted by atomic mass is 32.2. The summed E-state index contributed by atoms with van der Waals surface area (Å²) in [6.07, 6.45) is 5.25.